The maximum Gasteiger partial charge on any atom is 0.186 e. The Labute approximate surface area is 81.6 Å². The Balaban J connectivity index is 2.57. The predicted octanol–water partition coefficient (Wildman–Crippen LogP) is 0.228. The van der Waals surface area contributed by atoms with Crippen molar-refractivity contribution in [3.05, 3.63) is 18.2 Å². The van der Waals surface area contributed by atoms with E-state index in [2.05, 4.69) is 25.8 Å². The van der Waals surface area contributed by atoms with Crippen molar-refractivity contribution in [3.8, 4) is 0 Å². The van der Waals surface area contributed by atoms with Crippen LogP contribution in [0.2, 0.25) is 0 Å². The fraction of sp³-hybridized carbons (Fsp3) is 0.286. The minimum absolute atomic E-state index is 0.478. The molecule has 6 heteroatoms. The molecule has 0 saturated carbocycles. The van der Waals surface area contributed by atoms with Crippen molar-refractivity contribution >= 4 is 23.0 Å². The van der Waals surface area contributed by atoms with Gasteiger partial charge in [0.05, 0.1) is 0 Å². The molecule has 1 aromatic heterocycles. The molecule has 13 heavy (non-hydrogen) atoms. The monoisotopic (exact) mass is 197 g/mol. The van der Waals surface area contributed by atoms with Gasteiger partial charge in [0.25, 0.3) is 0 Å². The van der Waals surface area contributed by atoms with E-state index < -0.39 is 0 Å². The molecule has 0 unspecified atom stereocenters. The Morgan fingerprint density at radius 1 is 1.69 bits per heavy atom. The van der Waals surface area contributed by atoms with E-state index in [4.69, 9.17) is 12.2 Å². The topological polar surface area (TPSA) is 65.1 Å². The number of aromatic amines is 1. The number of rotatable bonds is 2. The zero-order chi connectivity index (χ0) is 9.68. The van der Waals surface area contributed by atoms with E-state index >= 15 is 0 Å². The quantitative estimate of drug-likeness (QED) is 0.361. The third kappa shape index (κ3) is 2.83. The molecule has 0 fully saturated rings. The lowest BCUT2D eigenvalue weighted by Gasteiger charge is -2.01. The molecule has 70 valence electrons. The van der Waals surface area contributed by atoms with Gasteiger partial charge in [-0.15, -0.1) is 0 Å². The summed E-state index contributed by atoms with van der Waals surface area (Å²) < 4.78 is 0. The minimum atomic E-state index is 0.478. The molecule has 0 aromatic carbocycles. The molecule has 0 aliphatic carbocycles. The lowest BCUT2D eigenvalue weighted by molar-refractivity contribution is 0.969. The number of hydrazone groups is 1. The lowest BCUT2D eigenvalue weighted by atomic mass is 10.4. The predicted molar refractivity (Wildman–Crippen MR) is 55.6 cm³/mol. The van der Waals surface area contributed by atoms with E-state index in [-0.39, 0.29) is 0 Å². The lowest BCUT2D eigenvalue weighted by Crippen LogP contribution is -2.29. The summed E-state index contributed by atoms with van der Waals surface area (Å²) in [5.41, 5.74) is 3.42. The number of H-pyrrole nitrogens is 1. The highest BCUT2D eigenvalue weighted by molar-refractivity contribution is 7.80. The van der Waals surface area contributed by atoms with Crippen LogP contribution in [-0.4, -0.2) is 27.8 Å². The first kappa shape index (κ1) is 9.66. The van der Waals surface area contributed by atoms with Gasteiger partial charge in [-0.25, -0.2) is 4.98 Å². The van der Waals surface area contributed by atoms with E-state index in [0.29, 0.717) is 5.11 Å². The van der Waals surface area contributed by atoms with Crippen LogP contribution in [-0.2, 0) is 0 Å². The number of thiocarbonyl (C=S) groups is 1. The van der Waals surface area contributed by atoms with Gasteiger partial charge in [0.1, 0.15) is 5.71 Å². The van der Waals surface area contributed by atoms with Gasteiger partial charge >= 0.3 is 0 Å². The molecular weight excluding hydrogens is 186 g/mol. The van der Waals surface area contributed by atoms with Crippen molar-refractivity contribution in [3.63, 3.8) is 0 Å². The van der Waals surface area contributed by atoms with Gasteiger partial charge < -0.3 is 10.3 Å². The van der Waals surface area contributed by atoms with Crippen LogP contribution in [0.15, 0.2) is 17.5 Å². The Kier molecular flexibility index (Phi) is 3.39. The second-order valence-corrected chi connectivity index (χ2v) is 2.73. The summed E-state index contributed by atoms with van der Waals surface area (Å²) in [6.07, 6.45) is 3.41. The zero-order valence-electron chi connectivity index (χ0n) is 7.46. The summed E-state index contributed by atoms with van der Waals surface area (Å²) in [6.45, 7) is 1.84. The SMILES string of the molecule is CNC(=S)N/N=C(/C)c1ncc[nH]1. The highest BCUT2D eigenvalue weighted by Crippen LogP contribution is 1.90. The normalized spacial score (nSPS) is 11.1. The second kappa shape index (κ2) is 4.56. The molecular formula is C7H11N5S. The molecule has 1 heterocycles. The first-order valence-electron chi connectivity index (χ1n) is 3.76. The zero-order valence-corrected chi connectivity index (χ0v) is 8.27. The number of hydrogen-bond acceptors (Lipinski definition) is 3. The molecule has 0 radical (unpaired) electrons. The summed E-state index contributed by atoms with van der Waals surface area (Å²) in [6, 6.07) is 0. The number of imidazole rings is 1. The molecule has 3 N–H and O–H groups in total. The van der Waals surface area contributed by atoms with Crippen LogP contribution in [0.1, 0.15) is 12.7 Å². The number of nitrogens with zero attached hydrogens (tertiary/aromatic N) is 2. The molecule has 0 saturated heterocycles. The van der Waals surface area contributed by atoms with Gasteiger partial charge in [0.15, 0.2) is 10.9 Å². The third-order valence-electron chi connectivity index (χ3n) is 1.39. The van der Waals surface area contributed by atoms with Crippen molar-refractivity contribution in [2.75, 3.05) is 7.05 Å². The highest BCUT2D eigenvalue weighted by atomic mass is 32.1. The third-order valence-corrected chi connectivity index (χ3v) is 1.69. The fourth-order valence-corrected chi connectivity index (χ4v) is 0.752. The summed E-state index contributed by atoms with van der Waals surface area (Å²) in [7, 11) is 1.73. The number of hydrogen-bond donors (Lipinski definition) is 3. The minimum Gasteiger partial charge on any atom is -0.364 e. The first-order valence-corrected chi connectivity index (χ1v) is 4.16. The van der Waals surface area contributed by atoms with Crippen molar-refractivity contribution in [2.24, 2.45) is 5.10 Å². The maximum atomic E-state index is 4.84. The molecule has 0 atom stereocenters. The number of nitrogens with one attached hydrogen (secondary N) is 3. The van der Waals surface area contributed by atoms with Crippen LogP contribution in [0.3, 0.4) is 0 Å². The molecule has 0 aliphatic rings. The van der Waals surface area contributed by atoms with Crippen LogP contribution >= 0.6 is 12.2 Å². The Hall–Kier alpha value is -1.43. The van der Waals surface area contributed by atoms with Crippen molar-refractivity contribution in [2.45, 2.75) is 6.92 Å². The van der Waals surface area contributed by atoms with Gasteiger partial charge in [-0.3, -0.25) is 5.43 Å². The summed E-state index contributed by atoms with van der Waals surface area (Å²) >= 11 is 4.84. The van der Waals surface area contributed by atoms with Gasteiger partial charge in [-0.2, -0.15) is 5.10 Å². The Morgan fingerprint density at radius 2 is 2.46 bits per heavy atom. The molecule has 1 rings (SSSR count). The fourth-order valence-electron chi connectivity index (χ4n) is 0.707. The summed E-state index contributed by atoms with van der Waals surface area (Å²) in [5, 5.41) is 7.23. The van der Waals surface area contributed by atoms with Crippen molar-refractivity contribution in [1.29, 1.82) is 0 Å². The van der Waals surface area contributed by atoms with E-state index in [9.17, 15) is 0 Å². The smallest absolute Gasteiger partial charge is 0.186 e. The average molecular weight is 197 g/mol. The van der Waals surface area contributed by atoms with Crippen LogP contribution in [0.25, 0.3) is 0 Å². The molecule has 5 nitrogen and oxygen atoms in total. The van der Waals surface area contributed by atoms with Crippen LogP contribution in [0.5, 0.6) is 0 Å². The van der Waals surface area contributed by atoms with Gasteiger partial charge in [0, 0.05) is 19.4 Å². The largest absolute Gasteiger partial charge is 0.364 e. The van der Waals surface area contributed by atoms with E-state index in [0.717, 1.165) is 11.5 Å². The van der Waals surface area contributed by atoms with Crippen LogP contribution in [0, 0.1) is 0 Å². The van der Waals surface area contributed by atoms with E-state index in [1.54, 1.807) is 19.4 Å². The van der Waals surface area contributed by atoms with Crippen molar-refractivity contribution < 1.29 is 0 Å². The molecule has 0 amide bonds. The highest BCUT2D eigenvalue weighted by Gasteiger charge is 1.98. The number of aromatic nitrogens is 2. The molecule has 1 aromatic rings. The standard InChI is InChI=1S/C7H11N5S/c1-5(6-9-3-4-10-6)11-12-7(13)8-2/h3-4H,1-2H3,(H,9,10)(H2,8,12,13)/b11-5-. The van der Waals surface area contributed by atoms with Crippen molar-refractivity contribution in [1.82, 2.24) is 20.7 Å². The summed E-state index contributed by atoms with van der Waals surface area (Å²) in [4.78, 5) is 6.96. The van der Waals surface area contributed by atoms with E-state index in [1.165, 1.54) is 0 Å². The molecule has 0 aliphatic heterocycles. The molecule has 0 spiro atoms. The van der Waals surface area contributed by atoms with Crippen LogP contribution < -0.4 is 10.7 Å². The second-order valence-electron chi connectivity index (χ2n) is 2.33. The van der Waals surface area contributed by atoms with Gasteiger partial charge in [0.2, 0.25) is 0 Å². The van der Waals surface area contributed by atoms with Crippen LogP contribution in [0.4, 0.5) is 0 Å². The average Bonchev–Trinajstić information content (AvgIpc) is 2.66. The first-order chi connectivity index (χ1) is 6.24. The van der Waals surface area contributed by atoms with Gasteiger partial charge in [-0.1, -0.05) is 0 Å². The van der Waals surface area contributed by atoms with Gasteiger partial charge in [-0.05, 0) is 19.1 Å². The summed E-state index contributed by atoms with van der Waals surface area (Å²) in [5.74, 6) is 0.728. The molecule has 0 bridgehead atoms. The Bertz CT molecular complexity index is 303. The Morgan fingerprint density at radius 3 is 3.00 bits per heavy atom. The van der Waals surface area contributed by atoms with E-state index in [1.807, 2.05) is 6.92 Å². The maximum absolute atomic E-state index is 4.84.